The summed E-state index contributed by atoms with van der Waals surface area (Å²) in [4.78, 5) is 21.0. The lowest BCUT2D eigenvalue weighted by molar-refractivity contribution is -0.0141. The number of rotatable bonds is 11. The summed E-state index contributed by atoms with van der Waals surface area (Å²) in [6.07, 6.45) is 4.24. The van der Waals surface area contributed by atoms with Crippen LogP contribution in [0.2, 0.25) is 0 Å². The molecule has 0 N–H and O–H groups in total. The zero-order valence-corrected chi connectivity index (χ0v) is 24.5. The van der Waals surface area contributed by atoms with E-state index in [0.717, 1.165) is 56.1 Å². The van der Waals surface area contributed by atoms with Crippen molar-refractivity contribution in [3.05, 3.63) is 58.9 Å². The Hall–Kier alpha value is -3.40. The van der Waals surface area contributed by atoms with Crippen molar-refractivity contribution in [2.75, 3.05) is 26.2 Å². The van der Waals surface area contributed by atoms with E-state index < -0.39 is 5.60 Å². The molecular weight excluding hydrogens is 494 g/mol. The van der Waals surface area contributed by atoms with E-state index in [-0.39, 0.29) is 12.1 Å². The van der Waals surface area contributed by atoms with Crippen LogP contribution in [0.15, 0.2) is 30.6 Å². The van der Waals surface area contributed by atoms with Gasteiger partial charge in [-0.2, -0.15) is 10.2 Å². The lowest BCUT2D eigenvalue weighted by Crippen LogP contribution is -2.55. The number of ether oxygens (including phenoxy) is 2. The fourth-order valence-electron chi connectivity index (χ4n) is 4.80. The molecule has 10 nitrogen and oxygen atoms in total. The molecule has 0 unspecified atom stereocenters. The topological polar surface area (TPSA) is 90.5 Å². The van der Waals surface area contributed by atoms with E-state index >= 15 is 0 Å². The number of hydrogen-bond acceptors (Lipinski definition) is 7. The third-order valence-electron chi connectivity index (χ3n) is 6.85. The monoisotopic (exact) mass is 537 g/mol. The highest BCUT2D eigenvalue weighted by atomic mass is 16.6. The molecule has 212 valence electrons. The highest BCUT2D eigenvalue weighted by Crippen LogP contribution is 2.23. The molecule has 0 radical (unpaired) electrons. The van der Waals surface area contributed by atoms with Crippen molar-refractivity contribution in [1.29, 1.82) is 0 Å². The minimum absolute atomic E-state index is 0.0153. The molecule has 1 atom stereocenters. The molecule has 0 saturated carbocycles. The molecule has 4 heterocycles. The molecule has 0 aromatic carbocycles. The van der Waals surface area contributed by atoms with Crippen molar-refractivity contribution in [2.45, 2.75) is 86.2 Å². The third kappa shape index (κ3) is 8.05. The molecule has 1 aliphatic heterocycles. The summed E-state index contributed by atoms with van der Waals surface area (Å²) in [6.45, 7) is 19.0. The number of likely N-dealkylation sites (tertiary alicyclic amines) is 1. The average molecular weight is 538 g/mol. The maximum atomic E-state index is 12.4. The highest BCUT2D eigenvalue weighted by Gasteiger charge is 2.35. The summed E-state index contributed by atoms with van der Waals surface area (Å²) < 4.78 is 15.7. The van der Waals surface area contributed by atoms with Crippen LogP contribution in [0.4, 0.5) is 4.79 Å². The van der Waals surface area contributed by atoms with Crippen LogP contribution in [0.25, 0.3) is 0 Å². The zero-order valence-electron chi connectivity index (χ0n) is 24.5. The van der Waals surface area contributed by atoms with Crippen molar-refractivity contribution in [3.8, 4) is 5.75 Å². The van der Waals surface area contributed by atoms with Gasteiger partial charge in [0.25, 0.3) is 0 Å². The number of hydrogen-bond donors (Lipinski definition) is 0. The van der Waals surface area contributed by atoms with Gasteiger partial charge in [0, 0.05) is 43.8 Å². The first-order valence-electron chi connectivity index (χ1n) is 13.8. The van der Waals surface area contributed by atoms with E-state index in [2.05, 4.69) is 55.4 Å². The predicted molar refractivity (Wildman–Crippen MR) is 150 cm³/mol. The third-order valence-corrected chi connectivity index (χ3v) is 6.85. The highest BCUT2D eigenvalue weighted by molar-refractivity contribution is 5.69. The molecule has 3 aromatic rings. The van der Waals surface area contributed by atoms with Gasteiger partial charge in [0.1, 0.15) is 18.0 Å². The van der Waals surface area contributed by atoms with Crippen LogP contribution in [-0.4, -0.2) is 78.3 Å². The van der Waals surface area contributed by atoms with Gasteiger partial charge in [-0.15, -0.1) is 0 Å². The molecule has 1 saturated heterocycles. The Bertz CT molecular complexity index is 1210. The second kappa shape index (κ2) is 12.2. The summed E-state index contributed by atoms with van der Waals surface area (Å²) in [5, 5.41) is 9.27. The molecule has 0 spiro atoms. The largest absolute Gasteiger partial charge is 0.490 e. The summed E-state index contributed by atoms with van der Waals surface area (Å²) in [6, 6.07) is 6.28. The lowest BCUT2D eigenvalue weighted by atomic mass is 10.1. The van der Waals surface area contributed by atoms with E-state index in [9.17, 15) is 4.79 Å². The molecule has 1 amide bonds. The Balaban J connectivity index is 1.37. The standard InChI is InChI=1S/C29H43N7O3/c1-21-14-23(3)35(31-21)12-10-33(11-13-36-24(4)15-22(2)32-36)19-25-16-27(18-30-17-25)38-20-26-8-9-34(26)28(37)39-29(5,6)7/h14-18,26H,8-13,19-20H2,1-7H3/t26-/m0/s1. The summed E-state index contributed by atoms with van der Waals surface area (Å²) in [5.74, 6) is 0.709. The van der Waals surface area contributed by atoms with Gasteiger partial charge in [0.15, 0.2) is 0 Å². The van der Waals surface area contributed by atoms with Gasteiger partial charge >= 0.3 is 6.09 Å². The molecule has 1 aliphatic rings. The minimum Gasteiger partial charge on any atom is -0.490 e. The number of nitrogens with zero attached hydrogens (tertiary/aromatic N) is 7. The first-order chi connectivity index (χ1) is 18.5. The summed E-state index contributed by atoms with van der Waals surface area (Å²) in [5.41, 5.74) is 4.97. The number of amides is 1. The van der Waals surface area contributed by atoms with Crippen LogP contribution >= 0.6 is 0 Å². The van der Waals surface area contributed by atoms with Crippen LogP contribution in [0.1, 0.15) is 55.5 Å². The molecule has 0 aliphatic carbocycles. The maximum absolute atomic E-state index is 12.4. The molecular formula is C29H43N7O3. The molecule has 3 aromatic heterocycles. The van der Waals surface area contributed by atoms with Crippen LogP contribution in [0, 0.1) is 27.7 Å². The van der Waals surface area contributed by atoms with E-state index in [1.54, 1.807) is 11.1 Å². The Kier molecular flexibility index (Phi) is 8.94. The normalized spacial score (nSPS) is 15.5. The molecule has 0 bridgehead atoms. The maximum Gasteiger partial charge on any atom is 0.410 e. The second-order valence-electron chi connectivity index (χ2n) is 11.5. The van der Waals surface area contributed by atoms with Crippen molar-refractivity contribution in [1.82, 2.24) is 34.3 Å². The minimum atomic E-state index is -0.508. The Morgan fingerprint density at radius 3 is 2.08 bits per heavy atom. The lowest BCUT2D eigenvalue weighted by Gasteiger charge is -2.41. The van der Waals surface area contributed by atoms with E-state index in [1.807, 2.05) is 46.9 Å². The van der Waals surface area contributed by atoms with Gasteiger partial charge in [-0.1, -0.05) is 0 Å². The number of pyridine rings is 1. The average Bonchev–Trinajstić information content (AvgIpc) is 3.32. The molecule has 39 heavy (non-hydrogen) atoms. The first-order valence-corrected chi connectivity index (χ1v) is 13.8. The molecule has 10 heteroatoms. The quantitative estimate of drug-likeness (QED) is 0.360. The van der Waals surface area contributed by atoms with Gasteiger partial charge < -0.3 is 14.4 Å². The van der Waals surface area contributed by atoms with E-state index in [1.165, 1.54) is 11.4 Å². The predicted octanol–water partition coefficient (Wildman–Crippen LogP) is 4.30. The van der Waals surface area contributed by atoms with Gasteiger partial charge in [-0.25, -0.2) is 4.79 Å². The number of carbonyl (C=O) groups is 1. The smallest absolute Gasteiger partial charge is 0.410 e. The van der Waals surface area contributed by atoms with Gasteiger partial charge in [-0.3, -0.25) is 19.2 Å². The fourth-order valence-corrected chi connectivity index (χ4v) is 4.80. The first kappa shape index (κ1) is 28.6. The summed E-state index contributed by atoms with van der Waals surface area (Å²) >= 11 is 0. The summed E-state index contributed by atoms with van der Waals surface area (Å²) in [7, 11) is 0. The van der Waals surface area contributed by atoms with Crippen LogP contribution in [-0.2, 0) is 24.4 Å². The number of carbonyl (C=O) groups excluding carboxylic acids is 1. The molecule has 4 rings (SSSR count). The van der Waals surface area contributed by atoms with Crippen LogP contribution in [0.5, 0.6) is 5.75 Å². The number of aryl methyl sites for hydroxylation is 4. The Morgan fingerprint density at radius 1 is 0.974 bits per heavy atom. The Morgan fingerprint density at radius 2 is 1.59 bits per heavy atom. The van der Waals surface area contributed by atoms with Crippen molar-refractivity contribution < 1.29 is 14.3 Å². The zero-order chi connectivity index (χ0) is 28.2. The number of aromatic nitrogens is 5. The SMILES string of the molecule is Cc1cc(C)n(CCN(CCn2nc(C)cc2C)Cc2cncc(OC[C@@H]3CCN3C(=O)OC(C)(C)C)c2)n1. The van der Waals surface area contributed by atoms with Crippen molar-refractivity contribution in [3.63, 3.8) is 0 Å². The van der Waals surface area contributed by atoms with E-state index in [0.29, 0.717) is 18.9 Å². The van der Waals surface area contributed by atoms with Gasteiger partial charge in [0.05, 0.1) is 36.7 Å². The van der Waals surface area contributed by atoms with Gasteiger partial charge in [0.2, 0.25) is 0 Å². The molecule has 1 fully saturated rings. The van der Waals surface area contributed by atoms with Crippen LogP contribution in [0.3, 0.4) is 0 Å². The van der Waals surface area contributed by atoms with Gasteiger partial charge in [-0.05, 0) is 78.6 Å². The van der Waals surface area contributed by atoms with E-state index in [4.69, 9.17) is 9.47 Å². The van der Waals surface area contributed by atoms with Crippen molar-refractivity contribution >= 4 is 6.09 Å². The Labute approximate surface area is 231 Å². The van der Waals surface area contributed by atoms with Crippen molar-refractivity contribution in [2.24, 2.45) is 0 Å². The fraction of sp³-hybridized carbons (Fsp3) is 0.586. The second-order valence-corrected chi connectivity index (χ2v) is 11.5. The van der Waals surface area contributed by atoms with Crippen LogP contribution < -0.4 is 4.74 Å².